The predicted molar refractivity (Wildman–Crippen MR) is 129 cm³/mol. The lowest BCUT2D eigenvalue weighted by Crippen LogP contribution is -2.30. The average molecular weight is 519 g/mol. The minimum absolute atomic E-state index is 0.0348. The summed E-state index contributed by atoms with van der Waals surface area (Å²) in [7, 11) is -3.72. The van der Waals surface area contributed by atoms with Crippen LogP contribution in [0, 0.1) is 5.82 Å². The summed E-state index contributed by atoms with van der Waals surface area (Å²) in [4.78, 5) is 12.5. The summed E-state index contributed by atoms with van der Waals surface area (Å²) in [6.45, 7) is 2.49. The van der Waals surface area contributed by atoms with Gasteiger partial charge in [0.25, 0.3) is 5.91 Å². The number of halogens is 2. The molecule has 0 aliphatic carbocycles. The van der Waals surface area contributed by atoms with Gasteiger partial charge in [0, 0.05) is 16.6 Å². The number of carbonyl (C=O) groups excluding carboxylic acids is 1. The molecule has 0 radical (unpaired) electrons. The molecule has 1 N–H and O–H groups in total. The van der Waals surface area contributed by atoms with Crippen molar-refractivity contribution in [3.8, 4) is 0 Å². The van der Waals surface area contributed by atoms with Crippen LogP contribution >= 0.6 is 15.9 Å². The Bertz CT molecular complexity index is 1190. The van der Waals surface area contributed by atoms with E-state index in [2.05, 4.69) is 21.2 Å². The fourth-order valence-electron chi connectivity index (χ4n) is 3.24. The van der Waals surface area contributed by atoms with Gasteiger partial charge in [-0.05, 0) is 47.4 Å². The minimum Gasteiger partial charge on any atom is -0.351 e. The molecule has 1 amide bonds. The van der Waals surface area contributed by atoms with Crippen molar-refractivity contribution >= 4 is 37.5 Å². The Balaban J connectivity index is 1.69. The molecule has 3 aromatic carbocycles. The van der Waals surface area contributed by atoms with Crippen LogP contribution in [0.2, 0.25) is 0 Å². The Kier molecular flexibility index (Phi) is 7.69. The Hall–Kier alpha value is -2.71. The van der Waals surface area contributed by atoms with Gasteiger partial charge in [-0.25, -0.2) is 12.8 Å². The van der Waals surface area contributed by atoms with Crippen LogP contribution in [0.15, 0.2) is 77.3 Å². The van der Waals surface area contributed by atoms with Crippen LogP contribution in [-0.4, -0.2) is 27.1 Å². The topological polar surface area (TPSA) is 66.5 Å². The summed E-state index contributed by atoms with van der Waals surface area (Å²) in [5.74, 6) is -0.685. The van der Waals surface area contributed by atoms with Gasteiger partial charge in [-0.1, -0.05) is 65.3 Å². The van der Waals surface area contributed by atoms with E-state index in [1.165, 1.54) is 12.1 Å². The third kappa shape index (κ3) is 6.17. The molecule has 1 atom stereocenters. The molecule has 0 fully saturated rings. The van der Waals surface area contributed by atoms with Crippen LogP contribution < -0.4 is 9.62 Å². The first-order valence-electron chi connectivity index (χ1n) is 10.00. The standard InChI is InChI=1S/C24H24BrFN2O3S/c1-17(19-6-4-3-5-7-19)15-27-24(29)20-10-8-18(9-11-20)16-28(32(2,30)31)23-13-12-21(25)14-22(23)26/h3-14,17H,15-16H2,1-2H3,(H,27,29)/t17-/m0/s1. The van der Waals surface area contributed by atoms with E-state index in [1.807, 2.05) is 37.3 Å². The van der Waals surface area contributed by atoms with E-state index in [-0.39, 0.29) is 24.1 Å². The van der Waals surface area contributed by atoms with Crippen LogP contribution in [0.5, 0.6) is 0 Å². The third-order valence-corrected chi connectivity index (χ3v) is 6.68. The molecular formula is C24H24BrFN2O3S. The second-order valence-corrected chi connectivity index (χ2v) is 10.4. The lowest BCUT2D eigenvalue weighted by molar-refractivity contribution is 0.0951. The molecule has 3 aromatic rings. The highest BCUT2D eigenvalue weighted by Gasteiger charge is 2.21. The highest BCUT2D eigenvalue weighted by molar-refractivity contribution is 9.10. The number of amides is 1. The third-order valence-electron chi connectivity index (χ3n) is 5.06. The van der Waals surface area contributed by atoms with Crippen molar-refractivity contribution in [1.82, 2.24) is 5.32 Å². The average Bonchev–Trinajstić information content (AvgIpc) is 2.76. The van der Waals surface area contributed by atoms with Crippen molar-refractivity contribution in [3.63, 3.8) is 0 Å². The van der Waals surface area contributed by atoms with Gasteiger partial charge in [0.2, 0.25) is 10.0 Å². The Morgan fingerprint density at radius 3 is 2.31 bits per heavy atom. The zero-order valence-electron chi connectivity index (χ0n) is 17.8. The van der Waals surface area contributed by atoms with Crippen LogP contribution in [0.25, 0.3) is 0 Å². The molecule has 8 heteroatoms. The zero-order chi connectivity index (χ0) is 23.3. The summed E-state index contributed by atoms with van der Waals surface area (Å²) in [5, 5.41) is 2.92. The molecule has 0 aliphatic rings. The molecule has 0 saturated carbocycles. The van der Waals surface area contributed by atoms with Gasteiger partial charge in [-0.2, -0.15) is 0 Å². The van der Waals surface area contributed by atoms with Crippen LogP contribution in [0.4, 0.5) is 10.1 Å². The molecule has 0 unspecified atom stereocenters. The van der Waals surface area contributed by atoms with Crippen molar-refractivity contribution in [2.24, 2.45) is 0 Å². The molecule has 3 rings (SSSR count). The van der Waals surface area contributed by atoms with E-state index in [1.54, 1.807) is 30.3 Å². The van der Waals surface area contributed by atoms with Gasteiger partial charge >= 0.3 is 0 Å². The summed E-state index contributed by atoms with van der Waals surface area (Å²) in [5.41, 5.74) is 2.21. The van der Waals surface area contributed by atoms with Gasteiger partial charge in [-0.15, -0.1) is 0 Å². The van der Waals surface area contributed by atoms with Crippen molar-refractivity contribution in [2.75, 3.05) is 17.1 Å². The maximum Gasteiger partial charge on any atom is 0.251 e. The second-order valence-electron chi connectivity index (χ2n) is 7.58. The SMILES string of the molecule is C[C@@H](CNC(=O)c1ccc(CN(c2ccc(Br)cc2F)S(C)(=O)=O)cc1)c1ccccc1. The molecule has 0 saturated heterocycles. The number of anilines is 1. The zero-order valence-corrected chi connectivity index (χ0v) is 20.2. The van der Waals surface area contributed by atoms with E-state index >= 15 is 0 Å². The van der Waals surface area contributed by atoms with E-state index in [4.69, 9.17) is 0 Å². The normalized spacial score (nSPS) is 12.2. The van der Waals surface area contributed by atoms with E-state index in [0.29, 0.717) is 22.1 Å². The maximum atomic E-state index is 14.4. The molecule has 0 heterocycles. The number of sulfonamides is 1. The Morgan fingerprint density at radius 2 is 1.72 bits per heavy atom. The molecule has 0 aromatic heterocycles. The number of rotatable bonds is 8. The largest absolute Gasteiger partial charge is 0.351 e. The van der Waals surface area contributed by atoms with Crippen LogP contribution in [0.1, 0.15) is 34.3 Å². The summed E-state index contributed by atoms with van der Waals surface area (Å²) in [6.07, 6.45) is 1.03. The lowest BCUT2D eigenvalue weighted by Gasteiger charge is -2.23. The summed E-state index contributed by atoms with van der Waals surface area (Å²) in [6, 6.07) is 20.8. The van der Waals surface area contributed by atoms with Gasteiger partial charge in [0.05, 0.1) is 18.5 Å². The van der Waals surface area contributed by atoms with Crippen LogP contribution in [-0.2, 0) is 16.6 Å². The fourth-order valence-corrected chi connectivity index (χ4v) is 4.46. The van der Waals surface area contributed by atoms with E-state index < -0.39 is 15.8 Å². The van der Waals surface area contributed by atoms with Crippen molar-refractivity contribution in [3.05, 3.63) is 99.8 Å². The van der Waals surface area contributed by atoms with Gasteiger partial charge in [-0.3, -0.25) is 9.10 Å². The molecule has 168 valence electrons. The summed E-state index contributed by atoms with van der Waals surface area (Å²) >= 11 is 3.17. The van der Waals surface area contributed by atoms with Gasteiger partial charge in [0.15, 0.2) is 0 Å². The molecular weight excluding hydrogens is 495 g/mol. The summed E-state index contributed by atoms with van der Waals surface area (Å²) < 4.78 is 40.5. The van der Waals surface area contributed by atoms with Crippen molar-refractivity contribution < 1.29 is 17.6 Å². The van der Waals surface area contributed by atoms with E-state index in [9.17, 15) is 17.6 Å². The first-order chi connectivity index (χ1) is 15.1. The number of nitrogens with zero attached hydrogens (tertiary/aromatic N) is 1. The quantitative estimate of drug-likeness (QED) is 0.451. The predicted octanol–water partition coefficient (Wildman–Crippen LogP) is 5.09. The first-order valence-corrected chi connectivity index (χ1v) is 12.6. The number of benzene rings is 3. The second kappa shape index (κ2) is 10.3. The highest BCUT2D eigenvalue weighted by Crippen LogP contribution is 2.27. The van der Waals surface area contributed by atoms with Gasteiger partial charge in [0.1, 0.15) is 5.82 Å². The number of hydrogen-bond acceptors (Lipinski definition) is 3. The molecule has 0 bridgehead atoms. The lowest BCUT2D eigenvalue weighted by atomic mass is 10.0. The van der Waals surface area contributed by atoms with Crippen molar-refractivity contribution in [1.29, 1.82) is 0 Å². The first kappa shape index (κ1) is 23.9. The van der Waals surface area contributed by atoms with Crippen molar-refractivity contribution in [2.45, 2.75) is 19.4 Å². The molecule has 0 spiro atoms. The van der Waals surface area contributed by atoms with E-state index in [0.717, 1.165) is 16.1 Å². The Labute approximate surface area is 196 Å². The highest BCUT2D eigenvalue weighted by atomic mass is 79.9. The van der Waals surface area contributed by atoms with Gasteiger partial charge < -0.3 is 5.32 Å². The smallest absolute Gasteiger partial charge is 0.251 e. The Morgan fingerprint density at radius 1 is 1.06 bits per heavy atom. The number of hydrogen-bond donors (Lipinski definition) is 1. The number of carbonyl (C=O) groups is 1. The molecule has 32 heavy (non-hydrogen) atoms. The fraction of sp³-hybridized carbons (Fsp3) is 0.208. The molecule has 5 nitrogen and oxygen atoms in total. The minimum atomic E-state index is -3.72. The molecule has 0 aliphatic heterocycles. The number of nitrogens with one attached hydrogen (secondary N) is 1. The monoisotopic (exact) mass is 518 g/mol. The maximum absolute atomic E-state index is 14.4. The van der Waals surface area contributed by atoms with Crippen LogP contribution in [0.3, 0.4) is 0 Å².